The summed E-state index contributed by atoms with van der Waals surface area (Å²) in [6, 6.07) is 17.7. The van der Waals surface area contributed by atoms with Crippen LogP contribution in [0.4, 0.5) is 5.69 Å². The van der Waals surface area contributed by atoms with Crippen LogP contribution in [0.5, 0.6) is 5.75 Å². The van der Waals surface area contributed by atoms with E-state index in [1.807, 2.05) is 47.4 Å². The lowest BCUT2D eigenvalue weighted by Crippen LogP contribution is -2.32. The molecule has 6 heteroatoms. The Kier molecular flexibility index (Phi) is 6.08. The van der Waals surface area contributed by atoms with E-state index in [0.717, 1.165) is 27.7 Å². The van der Waals surface area contributed by atoms with Gasteiger partial charge in [0.2, 0.25) is 0 Å². The molecule has 0 amide bonds. The molecule has 0 radical (unpaired) electrons. The summed E-state index contributed by atoms with van der Waals surface area (Å²) in [4.78, 5) is 8.22. The molecular formula is C20H20N2O2S2. The fourth-order valence-corrected chi connectivity index (χ4v) is 3.72. The van der Waals surface area contributed by atoms with E-state index in [0.29, 0.717) is 18.1 Å². The summed E-state index contributed by atoms with van der Waals surface area (Å²) < 4.78 is 10.4. The van der Waals surface area contributed by atoms with Crippen molar-refractivity contribution in [3.63, 3.8) is 0 Å². The number of benzene rings is 2. The van der Waals surface area contributed by atoms with Gasteiger partial charge in [-0.05, 0) is 29.8 Å². The fraction of sp³-hybridized carbons (Fsp3) is 0.250. The molecule has 1 aliphatic rings. The second-order valence-corrected chi connectivity index (χ2v) is 6.63. The van der Waals surface area contributed by atoms with Gasteiger partial charge in [0, 0.05) is 13.7 Å². The maximum atomic E-state index is 5.75. The normalized spacial score (nSPS) is 18.6. The second kappa shape index (κ2) is 8.49. The zero-order valence-corrected chi connectivity index (χ0v) is 16.3. The van der Waals surface area contributed by atoms with Crippen LogP contribution in [0.25, 0.3) is 0 Å². The van der Waals surface area contributed by atoms with E-state index >= 15 is 0 Å². The predicted octanol–water partition coefficient (Wildman–Crippen LogP) is 4.17. The highest BCUT2D eigenvalue weighted by molar-refractivity contribution is 7.83. The van der Waals surface area contributed by atoms with Crippen LogP contribution in [-0.4, -0.2) is 48.0 Å². The third-order valence-electron chi connectivity index (χ3n) is 4.22. The first-order valence-corrected chi connectivity index (χ1v) is 9.09. The first-order valence-electron chi connectivity index (χ1n) is 8.28. The van der Waals surface area contributed by atoms with Crippen LogP contribution in [0, 0.1) is 0 Å². The van der Waals surface area contributed by atoms with E-state index in [4.69, 9.17) is 38.9 Å². The Morgan fingerprint density at radius 1 is 1.00 bits per heavy atom. The zero-order valence-electron chi connectivity index (χ0n) is 14.7. The number of ether oxygens (including phenoxy) is 2. The van der Waals surface area contributed by atoms with Crippen molar-refractivity contribution in [1.29, 1.82) is 0 Å². The van der Waals surface area contributed by atoms with Gasteiger partial charge in [-0.2, -0.15) is 0 Å². The van der Waals surface area contributed by atoms with Gasteiger partial charge in [0.15, 0.2) is 0 Å². The number of thiocarbonyl (C=S) groups is 2. The van der Waals surface area contributed by atoms with Crippen molar-refractivity contribution in [3.05, 3.63) is 60.2 Å². The molecule has 0 saturated carbocycles. The number of hydrogen-bond acceptors (Lipinski definition) is 5. The number of nitrogens with zero attached hydrogens (tertiary/aromatic N) is 2. The van der Waals surface area contributed by atoms with Gasteiger partial charge in [0.25, 0.3) is 0 Å². The molecular weight excluding hydrogens is 364 g/mol. The minimum atomic E-state index is -0.127. The molecule has 1 atom stereocenters. The SMILES string of the molecule is COCCN1C(=S)C(=Nc2ccc(OC)cc2)C(c2ccccc2)C1=S. The molecule has 2 aromatic carbocycles. The molecule has 0 bridgehead atoms. The van der Waals surface area contributed by atoms with E-state index in [9.17, 15) is 0 Å². The minimum absolute atomic E-state index is 0.127. The van der Waals surface area contributed by atoms with Crippen LogP contribution in [0.1, 0.15) is 11.5 Å². The third kappa shape index (κ3) is 3.82. The third-order valence-corrected chi connectivity index (χ3v) is 5.11. The summed E-state index contributed by atoms with van der Waals surface area (Å²) in [5.41, 5.74) is 2.71. The average molecular weight is 385 g/mol. The molecule has 1 saturated heterocycles. The number of aliphatic imine (C=N–C) groups is 1. The van der Waals surface area contributed by atoms with Crippen LogP contribution < -0.4 is 4.74 Å². The Hall–Kier alpha value is -2.15. The van der Waals surface area contributed by atoms with Crippen molar-refractivity contribution in [3.8, 4) is 5.75 Å². The molecule has 134 valence electrons. The molecule has 2 aromatic rings. The smallest absolute Gasteiger partial charge is 0.129 e. The Bertz CT molecular complexity index is 819. The van der Waals surface area contributed by atoms with Crippen LogP contribution >= 0.6 is 24.4 Å². The van der Waals surface area contributed by atoms with Gasteiger partial charge in [-0.1, -0.05) is 54.8 Å². The van der Waals surface area contributed by atoms with E-state index < -0.39 is 0 Å². The summed E-state index contributed by atoms with van der Waals surface area (Å²) in [5, 5.41) is 0. The van der Waals surface area contributed by atoms with Crippen LogP contribution in [0.3, 0.4) is 0 Å². The van der Waals surface area contributed by atoms with Crippen molar-refractivity contribution in [2.45, 2.75) is 5.92 Å². The van der Waals surface area contributed by atoms with Crippen LogP contribution in [-0.2, 0) is 4.74 Å². The van der Waals surface area contributed by atoms with Crippen LogP contribution in [0.15, 0.2) is 59.6 Å². The number of methoxy groups -OCH3 is 2. The van der Waals surface area contributed by atoms with E-state index in [1.54, 1.807) is 14.2 Å². The number of likely N-dealkylation sites (tertiary alicyclic amines) is 1. The second-order valence-electron chi connectivity index (χ2n) is 5.83. The highest BCUT2D eigenvalue weighted by Gasteiger charge is 2.39. The molecule has 0 spiro atoms. The van der Waals surface area contributed by atoms with E-state index in [2.05, 4.69) is 12.1 Å². The molecule has 1 unspecified atom stereocenters. The molecule has 0 aromatic heterocycles. The van der Waals surface area contributed by atoms with Gasteiger partial charge in [-0.15, -0.1) is 0 Å². The van der Waals surface area contributed by atoms with Gasteiger partial charge in [-0.3, -0.25) is 0 Å². The summed E-state index contributed by atoms with van der Waals surface area (Å²) in [5.74, 6) is 0.664. The fourth-order valence-electron chi connectivity index (χ4n) is 2.88. The highest BCUT2D eigenvalue weighted by Crippen LogP contribution is 2.32. The molecule has 26 heavy (non-hydrogen) atoms. The molecule has 3 rings (SSSR count). The quantitative estimate of drug-likeness (QED) is 0.699. The Morgan fingerprint density at radius 3 is 2.31 bits per heavy atom. The number of hydrogen-bond donors (Lipinski definition) is 0. The van der Waals surface area contributed by atoms with Crippen LogP contribution in [0.2, 0.25) is 0 Å². The van der Waals surface area contributed by atoms with Crippen molar-refractivity contribution in [2.75, 3.05) is 27.4 Å². The molecule has 0 aliphatic carbocycles. The maximum Gasteiger partial charge on any atom is 0.129 e. The lowest BCUT2D eigenvalue weighted by Gasteiger charge is -2.17. The van der Waals surface area contributed by atoms with Crippen molar-refractivity contribution in [2.24, 2.45) is 4.99 Å². The van der Waals surface area contributed by atoms with Gasteiger partial charge in [0.05, 0.1) is 36.0 Å². The summed E-state index contributed by atoms with van der Waals surface area (Å²) in [7, 11) is 3.31. The topological polar surface area (TPSA) is 34.1 Å². The molecule has 1 fully saturated rings. The predicted molar refractivity (Wildman–Crippen MR) is 113 cm³/mol. The first-order chi connectivity index (χ1) is 12.7. The Labute approximate surface area is 164 Å². The molecule has 0 N–H and O–H groups in total. The number of rotatable bonds is 6. The zero-order chi connectivity index (χ0) is 18.5. The van der Waals surface area contributed by atoms with Crippen molar-refractivity contribution < 1.29 is 9.47 Å². The van der Waals surface area contributed by atoms with Crippen molar-refractivity contribution >= 4 is 45.8 Å². The van der Waals surface area contributed by atoms with Gasteiger partial charge < -0.3 is 14.4 Å². The Morgan fingerprint density at radius 2 is 1.69 bits per heavy atom. The lowest BCUT2D eigenvalue weighted by molar-refractivity contribution is 0.191. The standard InChI is InChI=1S/C20H20N2O2S2/c1-23-13-12-22-19(25)17(14-6-4-3-5-7-14)18(20(22)26)21-15-8-10-16(24-2)11-9-15/h3-11,17H,12-13H2,1-2H3. The molecule has 1 heterocycles. The molecule has 4 nitrogen and oxygen atoms in total. The first kappa shape index (κ1) is 18.6. The van der Waals surface area contributed by atoms with Gasteiger partial charge in [0.1, 0.15) is 10.7 Å². The van der Waals surface area contributed by atoms with Gasteiger partial charge >= 0.3 is 0 Å². The minimum Gasteiger partial charge on any atom is -0.497 e. The highest BCUT2D eigenvalue weighted by atomic mass is 32.1. The monoisotopic (exact) mass is 384 g/mol. The van der Waals surface area contributed by atoms with Gasteiger partial charge in [-0.25, -0.2) is 4.99 Å². The lowest BCUT2D eigenvalue weighted by atomic mass is 9.96. The summed E-state index contributed by atoms with van der Waals surface area (Å²) in [6.07, 6.45) is 0. The average Bonchev–Trinajstić information content (AvgIpc) is 2.91. The largest absolute Gasteiger partial charge is 0.497 e. The summed E-state index contributed by atoms with van der Waals surface area (Å²) in [6.45, 7) is 1.18. The summed E-state index contributed by atoms with van der Waals surface area (Å²) >= 11 is 11.5. The van der Waals surface area contributed by atoms with Crippen molar-refractivity contribution in [1.82, 2.24) is 4.90 Å². The van der Waals surface area contributed by atoms with E-state index in [-0.39, 0.29) is 5.92 Å². The maximum absolute atomic E-state index is 5.75. The van der Waals surface area contributed by atoms with E-state index in [1.165, 1.54) is 0 Å². The Balaban J connectivity index is 2.01. The molecule has 1 aliphatic heterocycles.